The summed E-state index contributed by atoms with van der Waals surface area (Å²) in [5, 5.41) is 0.358. The summed E-state index contributed by atoms with van der Waals surface area (Å²) in [4.78, 5) is 27.0. The number of rotatable bonds is 3. The molecule has 132 valence electrons. The summed E-state index contributed by atoms with van der Waals surface area (Å²) in [5.74, 6) is 1.21. The van der Waals surface area contributed by atoms with Crippen molar-refractivity contribution in [1.82, 2.24) is 19.8 Å². The molecule has 0 spiro atoms. The summed E-state index contributed by atoms with van der Waals surface area (Å²) in [6.07, 6.45) is 4.75. The first-order valence-corrected chi connectivity index (χ1v) is 9.05. The second kappa shape index (κ2) is 7.98. The molecule has 0 aliphatic carbocycles. The number of carbonyl (C=O) groups excluding carboxylic acids is 1. The summed E-state index contributed by atoms with van der Waals surface area (Å²) in [5.41, 5.74) is 5.66. The lowest BCUT2D eigenvalue weighted by Gasteiger charge is -2.36. The molecule has 0 radical (unpaired) electrons. The Labute approximate surface area is 147 Å². The van der Waals surface area contributed by atoms with Gasteiger partial charge in [0.15, 0.2) is 0 Å². The number of amides is 1. The van der Waals surface area contributed by atoms with Crippen LogP contribution in [0.2, 0.25) is 5.15 Å². The minimum absolute atomic E-state index is 0.191. The van der Waals surface area contributed by atoms with Crippen LogP contribution in [0, 0.1) is 0 Å². The Balaban J connectivity index is 1.50. The van der Waals surface area contributed by atoms with Gasteiger partial charge in [-0.3, -0.25) is 9.69 Å². The molecular weight excluding hydrogens is 328 g/mol. The monoisotopic (exact) mass is 352 g/mol. The molecule has 7 nitrogen and oxygen atoms in total. The molecule has 1 aromatic rings. The zero-order chi connectivity index (χ0) is 16.9. The normalized spacial score (nSPS) is 20.0. The highest BCUT2D eigenvalue weighted by Gasteiger charge is 2.23. The van der Waals surface area contributed by atoms with E-state index in [1.165, 1.54) is 12.8 Å². The van der Waals surface area contributed by atoms with Crippen molar-refractivity contribution in [3.63, 3.8) is 0 Å². The molecule has 2 saturated heterocycles. The third-order valence-electron chi connectivity index (χ3n) is 4.71. The topological polar surface area (TPSA) is 78.6 Å². The van der Waals surface area contributed by atoms with E-state index in [0.29, 0.717) is 11.7 Å². The number of nitrogens with zero attached hydrogens (tertiary/aromatic N) is 5. The van der Waals surface area contributed by atoms with E-state index in [2.05, 4.69) is 19.8 Å². The number of hydrogen-bond donors (Lipinski definition) is 1. The molecule has 0 unspecified atom stereocenters. The number of piperazine rings is 1. The van der Waals surface area contributed by atoms with Crippen LogP contribution in [-0.4, -0.2) is 71.5 Å². The van der Waals surface area contributed by atoms with Gasteiger partial charge in [0, 0.05) is 45.3 Å². The summed E-state index contributed by atoms with van der Waals surface area (Å²) < 4.78 is 0. The second-order valence-corrected chi connectivity index (χ2v) is 6.85. The highest BCUT2D eigenvalue weighted by molar-refractivity contribution is 6.29. The van der Waals surface area contributed by atoms with Gasteiger partial charge in [0.05, 0.1) is 6.54 Å². The van der Waals surface area contributed by atoms with Crippen molar-refractivity contribution in [2.24, 2.45) is 0 Å². The van der Waals surface area contributed by atoms with Crippen LogP contribution >= 0.6 is 11.6 Å². The van der Waals surface area contributed by atoms with Crippen molar-refractivity contribution in [3.05, 3.63) is 11.2 Å². The number of nitrogen functional groups attached to an aromatic ring is 1. The Hall–Kier alpha value is -1.60. The zero-order valence-corrected chi connectivity index (χ0v) is 14.7. The fourth-order valence-corrected chi connectivity index (χ4v) is 3.52. The molecule has 2 aliphatic rings. The van der Waals surface area contributed by atoms with Crippen molar-refractivity contribution in [3.8, 4) is 0 Å². The van der Waals surface area contributed by atoms with Crippen LogP contribution < -0.4 is 10.6 Å². The Morgan fingerprint density at radius 1 is 1.04 bits per heavy atom. The molecule has 8 heteroatoms. The Kier molecular flexibility index (Phi) is 5.73. The van der Waals surface area contributed by atoms with Gasteiger partial charge in [-0.25, -0.2) is 4.98 Å². The first kappa shape index (κ1) is 17.2. The highest BCUT2D eigenvalue weighted by atomic mass is 35.5. The third-order valence-corrected chi connectivity index (χ3v) is 4.91. The van der Waals surface area contributed by atoms with Crippen molar-refractivity contribution < 1.29 is 4.79 Å². The molecule has 2 fully saturated rings. The van der Waals surface area contributed by atoms with Crippen LogP contribution in [0.1, 0.15) is 25.7 Å². The molecule has 3 rings (SSSR count). The predicted octanol–water partition coefficient (Wildman–Crippen LogP) is 1.24. The number of anilines is 2. The van der Waals surface area contributed by atoms with Gasteiger partial charge >= 0.3 is 0 Å². The van der Waals surface area contributed by atoms with Gasteiger partial charge < -0.3 is 15.5 Å². The maximum atomic E-state index is 12.5. The highest BCUT2D eigenvalue weighted by Crippen LogP contribution is 2.19. The molecular formula is C16H25ClN6O. The molecule has 3 heterocycles. The summed E-state index contributed by atoms with van der Waals surface area (Å²) in [6, 6.07) is 1.73. The van der Waals surface area contributed by atoms with Gasteiger partial charge in [-0.05, 0) is 12.8 Å². The SMILES string of the molecule is Nc1nc(Cl)cc(N2CCN(CC(=O)N3CCCCCC3)CC2)n1. The Morgan fingerprint density at radius 3 is 2.33 bits per heavy atom. The van der Waals surface area contributed by atoms with Crippen molar-refractivity contribution in [2.75, 3.05) is 56.4 Å². The number of nitrogens with two attached hydrogens (primary N) is 1. The second-order valence-electron chi connectivity index (χ2n) is 6.47. The predicted molar refractivity (Wildman–Crippen MR) is 95.2 cm³/mol. The zero-order valence-electron chi connectivity index (χ0n) is 14.0. The average molecular weight is 353 g/mol. The maximum absolute atomic E-state index is 12.5. The summed E-state index contributed by atoms with van der Waals surface area (Å²) in [6.45, 7) is 5.62. The van der Waals surface area contributed by atoms with Crippen molar-refractivity contribution in [1.29, 1.82) is 0 Å². The fraction of sp³-hybridized carbons (Fsp3) is 0.688. The van der Waals surface area contributed by atoms with Crippen LogP contribution in [-0.2, 0) is 4.79 Å². The van der Waals surface area contributed by atoms with Gasteiger partial charge in [0.2, 0.25) is 11.9 Å². The Morgan fingerprint density at radius 2 is 1.71 bits per heavy atom. The van der Waals surface area contributed by atoms with Gasteiger partial charge in [-0.1, -0.05) is 24.4 Å². The molecule has 2 N–H and O–H groups in total. The first-order valence-electron chi connectivity index (χ1n) is 8.67. The standard InChI is InChI=1S/C16H25ClN6O/c17-13-11-14(20-16(18)19-13)22-9-7-21(8-10-22)12-15(24)23-5-3-1-2-4-6-23/h11H,1-10,12H2,(H2,18,19,20). The van der Waals surface area contributed by atoms with Crippen molar-refractivity contribution in [2.45, 2.75) is 25.7 Å². The fourth-order valence-electron chi connectivity index (χ4n) is 3.33. The minimum Gasteiger partial charge on any atom is -0.368 e. The van der Waals surface area contributed by atoms with E-state index in [4.69, 9.17) is 17.3 Å². The maximum Gasteiger partial charge on any atom is 0.236 e. The lowest BCUT2D eigenvalue weighted by Crippen LogP contribution is -2.50. The Bertz CT molecular complexity index is 547. The first-order chi connectivity index (χ1) is 11.6. The lowest BCUT2D eigenvalue weighted by atomic mass is 10.2. The molecule has 2 aliphatic heterocycles. The van der Waals surface area contributed by atoms with E-state index >= 15 is 0 Å². The van der Waals surface area contributed by atoms with E-state index in [1.807, 2.05) is 4.90 Å². The molecule has 0 saturated carbocycles. The largest absolute Gasteiger partial charge is 0.368 e. The average Bonchev–Trinajstić information content (AvgIpc) is 2.84. The molecule has 0 aromatic carbocycles. The number of halogens is 1. The third kappa shape index (κ3) is 4.48. The van der Waals surface area contributed by atoms with Crippen LogP contribution in [0.4, 0.5) is 11.8 Å². The van der Waals surface area contributed by atoms with Crippen molar-refractivity contribution >= 4 is 29.3 Å². The lowest BCUT2D eigenvalue weighted by molar-refractivity contribution is -0.132. The van der Waals surface area contributed by atoms with Crippen LogP contribution in [0.15, 0.2) is 6.07 Å². The summed E-state index contributed by atoms with van der Waals surface area (Å²) in [7, 11) is 0. The van der Waals surface area contributed by atoms with Crippen LogP contribution in [0.5, 0.6) is 0 Å². The molecule has 0 atom stereocenters. The number of carbonyl (C=O) groups is 1. The molecule has 1 amide bonds. The quantitative estimate of drug-likeness (QED) is 0.824. The van der Waals surface area contributed by atoms with Gasteiger partial charge in [-0.15, -0.1) is 0 Å². The smallest absolute Gasteiger partial charge is 0.236 e. The summed E-state index contributed by atoms with van der Waals surface area (Å²) >= 11 is 5.95. The number of hydrogen-bond acceptors (Lipinski definition) is 6. The molecule has 0 bridgehead atoms. The van der Waals surface area contributed by atoms with E-state index in [0.717, 1.165) is 57.9 Å². The van der Waals surface area contributed by atoms with Gasteiger partial charge in [0.25, 0.3) is 0 Å². The molecule has 24 heavy (non-hydrogen) atoms. The van der Waals surface area contributed by atoms with Crippen LogP contribution in [0.3, 0.4) is 0 Å². The van der Waals surface area contributed by atoms with Gasteiger partial charge in [0.1, 0.15) is 11.0 Å². The van der Waals surface area contributed by atoms with E-state index in [1.54, 1.807) is 6.07 Å². The van der Waals surface area contributed by atoms with Gasteiger partial charge in [-0.2, -0.15) is 4.98 Å². The number of aromatic nitrogens is 2. The van der Waals surface area contributed by atoms with E-state index in [-0.39, 0.29) is 11.9 Å². The van der Waals surface area contributed by atoms with E-state index < -0.39 is 0 Å². The minimum atomic E-state index is 0.191. The van der Waals surface area contributed by atoms with Crippen LogP contribution in [0.25, 0.3) is 0 Å². The van der Waals surface area contributed by atoms with E-state index in [9.17, 15) is 4.79 Å². The molecule has 1 aromatic heterocycles. The number of likely N-dealkylation sites (tertiary alicyclic amines) is 1.